The molecule has 1 N–H and O–H groups in total. The van der Waals surface area contributed by atoms with E-state index >= 15 is 0 Å². The topological polar surface area (TPSA) is 75.7 Å². The summed E-state index contributed by atoms with van der Waals surface area (Å²) in [6, 6.07) is -0.364. The zero-order valence-electron chi connectivity index (χ0n) is 19.7. The summed E-state index contributed by atoms with van der Waals surface area (Å²) in [6.45, 7) is 2.50. The summed E-state index contributed by atoms with van der Waals surface area (Å²) in [4.78, 5) is 38.5. The fourth-order valence-electron chi connectivity index (χ4n) is 3.79. The van der Waals surface area contributed by atoms with Crippen LogP contribution < -0.4 is 5.32 Å². The molecule has 6 nitrogen and oxygen atoms in total. The number of imide groups is 1. The maximum absolute atomic E-state index is 12.6. The molecule has 176 valence electrons. The van der Waals surface area contributed by atoms with Crippen molar-refractivity contribution in [3.63, 3.8) is 0 Å². The average molecular weight is 443 g/mol. The van der Waals surface area contributed by atoms with Crippen LogP contribution in [0.15, 0.2) is 11.8 Å². The molecular formula is C26H38N2O4. The highest BCUT2D eigenvalue weighted by molar-refractivity contribution is 6.04. The number of hydrogen-bond donors (Lipinski definition) is 1. The van der Waals surface area contributed by atoms with Gasteiger partial charge in [-0.25, -0.2) is 0 Å². The Bertz CT molecular complexity index is 729. The number of nitrogens with zero attached hydrogens (tertiary/aromatic N) is 1. The van der Waals surface area contributed by atoms with Crippen molar-refractivity contribution in [2.75, 3.05) is 13.7 Å². The van der Waals surface area contributed by atoms with Crippen molar-refractivity contribution < 1.29 is 19.1 Å². The van der Waals surface area contributed by atoms with Gasteiger partial charge in [0.2, 0.25) is 11.8 Å². The van der Waals surface area contributed by atoms with Crippen molar-refractivity contribution in [3.05, 3.63) is 11.8 Å². The van der Waals surface area contributed by atoms with E-state index in [2.05, 4.69) is 17.2 Å². The number of unbranched alkanes of at least 4 members (excludes halogenated alkanes) is 6. The Morgan fingerprint density at radius 2 is 1.78 bits per heavy atom. The van der Waals surface area contributed by atoms with Crippen LogP contribution in [0.2, 0.25) is 0 Å². The fraction of sp³-hybridized carbons (Fsp3) is 0.654. The molecule has 0 fully saturated rings. The van der Waals surface area contributed by atoms with Crippen LogP contribution in [0.5, 0.6) is 0 Å². The van der Waals surface area contributed by atoms with Gasteiger partial charge in [-0.15, -0.1) is 24.7 Å². The lowest BCUT2D eigenvalue weighted by molar-refractivity contribution is -0.143. The van der Waals surface area contributed by atoms with Gasteiger partial charge in [-0.3, -0.25) is 19.3 Å². The second-order valence-corrected chi connectivity index (χ2v) is 8.27. The molecule has 0 aromatic carbocycles. The van der Waals surface area contributed by atoms with Gasteiger partial charge < -0.3 is 10.1 Å². The van der Waals surface area contributed by atoms with Crippen LogP contribution in [0.4, 0.5) is 0 Å². The third-order valence-electron chi connectivity index (χ3n) is 5.72. The van der Waals surface area contributed by atoms with E-state index in [1.54, 1.807) is 0 Å². The van der Waals surface area contributed by atoms with E-state index in [0.29, 0.717) is 38.0 Å². The SMILES string of the molecule is C#CCCCCCC(=O)N1C(=O)C=C(OC)C1CCCCNC(=O)[C@H](C)CCCCC#C. The first-order valence-electron chi connectivity index (χ1n) is 11.7. The van der Waals surface area contributed by atoms with Crippen molar-refractivity contribution >= 4 is 17.7 Å². The van der Waals surface area contributed by atoms with Crippen molar-refractivity contribution in [2.24, 2.45) is 5.92 Å². The van der Waals surface area contributed by atoms with Crippen molar-refractivity contribution in [1.82, 2.24) is 10.2 Å². The first-order chi connectivity index (χ1) is 15.5. The highest BCUT2D eigenvalue weighted by Crippen LogP contribution is 2.26. The second kappa shape index (κ2) is 16.0. The Morgan fingerprint density at radius 1 is 1.09 bits per heavy atom. The molecule has 0 aromatic heterocycles. The predicted octanol–water partition coefficient (Wildman–Crippen LogP) is 3.95. The van der Waals surface area contributed by atoms with Gasteiger partial charge in [-0.2, -0.15) is 0 Å². The molecule has 0 aliphatic carbocycles. The molecule has 1 aliphatic rings. The highest BCUT2D eigenvalue weighted by atomic mass is 16.5. The monoisotopic (exact) mass is 442 g/mol. The quantitative estimate of drug-likeness (QED) is 0.290. The predicted molar refractivity (Wildman–Crippen MR) is 126 cm³/mol. The number of ether oxygens (including phenoxy) is 1. The summed E-state index contributed by atoms with van der Waals surface area (Å²) in [5.41, 5.74) is 0. The van der Waals surface area contributed by atoms with Crippen LogP contribution in [0, 0.1) is 30.6 Å². The van der Waals surface area contributed by atoms with Gasteiger partial charge in [0.25, 0.3) is 5.91 Å². The van der Waals surface area contributed by atoms with Crippen molar-refractivity contribution in [3.8, 4) is 24.7 Å². The molecule has 0 spiro atoms. The third-order valence-corrected chi connectivity index (χ3v) is 5.72. The third kappa shape index (κ3) is 9.60. The summed E-state index contributed by atoms with van der Waals surface area (Å²) in [5, 5.41) is 2.97. The largest absolute Gasteiger partial charge is 0.499 e. The smallest absolute Gasteiger partial charge is 0.257 e. The molecule has 1 aliphatic heterocycles. The van der Waals surface area contributed by atoms with Crippen LogP contribution >= 0.6 is 0 Å². The van der Waals surface area contributed by atoms with Gasteiger partial charge in [0.1, 0.15) is 5.76 Å². The molecule has 1 unspecified atom stereocenters. The molecule has 3 amide bonds. The molecule has 6 heteroatoms. The fourth-order valence-corrected chi connectivity index (χ4v) is 3.79. The Kier molecular flexibility index (Phi) is 13.6. The Morgan fingerprint density at radius 3 is 2.44 bits per heavy atom. The molecule has 0 radical (unpaired) electrons. The maximum atomic E-state index is 12.6. The van der Waals surface area contributed by atoms with Gasteiger partial charge in [-0.05, 0) is 44.9 Å². The van der Waals surface area contributed by atoms with Gasteiger partial charge in [0, 0.05) is 37.8 Å². The van der Waals surface area contributed by atoms with Gasteiger partial charge in [0.05, 0.1) is 13.2 Å². The van der Waals surface area contributed by atoms with Gasteiger partial charge in [0.15, 0.2) is 0 Å². The second-order valence-electron chi connectivity index (χ2n) is 8.27. The molecule has 1 heterocycles. The summed E-state index contributed by atoms with van der Waals surface area (Å²) in [6.07, 6.45) is 21.0. The number of amides is 3. The van der Waals surface area contributed by atoms with Crippen LogP contribution in [0.25, 0.3) is 0 Å². The zero-order valence-corrected chi connectivity index (χ0v) is 19.7. The van der Waals surface area contributed by atoms with E-state index in [0.717, 1.165) is 51.4 Å². The lowest BCUT2D eigenvalue weighted by atomic mass is 10.0. The number of methoxy groups -OCH3 is 1. The summed E-state index contributed by atoms with van der Waals surface area (Å²) in [7, 11) is 1.52. The van der Waals surface area contributed by atoms with Gasteiger partial charge in [-0.1, -0.05) is 19.8 Å². The van der Waals surface area contributed by atoms with E-state index in [1.165, 1.54) is 18.1 Å². The van der Waals surface area contributed by atoms with E-state index < -0.39 is 0 Å². The molecule has 2 atom stereocenters. The molecule has 0 saturated heterocycles. The number of nitrogens with one attached hydrogen (secondary N) is 1. The van der Waals surface area contributed by atoms with Crippen LogP contribution in [0.1, 0.15) is 84.0 Å². The Labute approximate surface area is 193 Å². The minimum Gasteiger partial charge on any atom is -0.499 e. The summed E-state index contributed by atoms with van der Waals surface area (Å²) < 4.78 is 5.36. The molecule has 1 rings (SSSR count). The molecule has 0 saturated carbocycles. The molecule has 32 heavy (non-hydrogen) atoms. The van der Waals surface area contributed by atoms with E-state index in [-0.39, 0.29) is 29.7 Å². The van der Waals surface area contributed by atoms with E-state index in [9.17, 15) is 14.4 Å². The Balaban J connectivity index is 2.39. The lowest BCUT2D eigenvalue weighted by Crippen LogP contribution is -2.40. The normalized spacial score (nSPS) is 16.1. The van der Waals surface area contributed by atoms with E-state index in [4.69, 9.17) is 17.6 Å². The number of carbonyl (C=O) groups excluding carboxylic acids is 3. The Hall–Kier alpha value is -2.73. The number of carbonyl (C=O) groups is 3. The summed E-state index contributed by atoms with van der Waals surface area (Å²) >= 11 is 0. The number of terminal acetylenes is 2. The highest BCUT2D eigenvalue weighted by Gasteiger charge is 2.37. The summed E-state index contributed by atoms with van der Waals surface area (Å²) in [5.74, 6) is 5.28. The lowest BCUT2D eigenvalue weighted by Gasteiger charge is -2.25. The van der Waals surface area contributed by atoms with Crippen LogP contribution in [-0.2, 0) is 19.1 Å². The van der Waals surface area contributed by atoms with Crippen molar-refractivity contribution in [2.45, 2.75) is 90.0 Å². The first kappa shape index (κ1) is 27.3. The average Bonchev–Trinajstić information content (AvgIpc) is 3.11. The first-order valence-corrected chi connectivity index (χ1v) is 11.7. The minimum absolute atomic E-state index is 0.0306. The minimum atomic E-state index is -0.364. The maximum Gasteiger partial charge on any atom is 0.257 e. The van der Waals surface area contributed by atoms with Crippen LogP contribution in [-0.4, -0.2) is 42.3 Å². The number of hydrogen-bond acceptors (Lipinski definition) is 4. The van der Waals surface area contributed by atoms with Gasteiger partial charge >= 0.3 is 0 Å². The molecule has 0 bridgehead atoms. The van der Waals surface area contributed by atoms with Crippen LogP contribution in [0.3, 0.4) is 0 Å². The zero-order chi connectivity index (χ0) is 23.8. The molecule has 0 aromatic rings. The standard InChI is InChI=1S/C26H38N2O4/c1-5-7-9-11-13-18-24(29)28-22(23(32-4)20-25(28)30)17-14-15-19-27-26(31)21(3)16-12-10-8-6-2/h1-2,20-22H,7-19H2,3-4H3,(H,27,31)/t21-,22?/m1/s1. The molecular weight excluding hydrogens is 404 g/mol. The number of rotatable bonds is 16. The van der Waals surface area contributed by atoms with E-state index in [1.807, 2.05) is 6.92 Å². The van der Waals surface area contributed by atoms with Crippen molar-refractivity contribution in [1.29, 1.82) is 0 Å².